The van der Waals surface area contributed by atoms with Gasteiger partial charge in [-0.05, 0) is 47.4 Å². The van der Waals surface area contributed by atoms with E-state index in [0.29, 0.717) is 10.9 Å². The summed E-state index contributed by atoms with van der Waals surface area (Å²) in [6.07, 6.45) is 3.74. The molecule has 4 nitrogen and oxygen atoms in total. The van der Waals surface area contributed by atoms with Crippen LogP contribution in [0.25, 0.3) is 16.8 Å². The van der Waals surface area contributed by atoms with Crippen LogP contribution in [-0.4, -0.2) is 14.6 Å². The second kappa shape index (κ2) is 6.81. The number of nitrogens with zero attached hydrogens (tertiary/aromatic N) is 3. The third-order valence-corrected chi connectivity index (χ3v) is 4.63. The van der Waals surface area contributed by atoms with Crippen molar-refractivity contribution in [2.24, 2.45) is 0 Å². The molecule has 0 unspecified atom stereocenters. The van der Waals surface area contributed by atoms with Crippen LogP contribution in [0.2, 0.25) is 5.02 Å². The summed E-state index contributed by atoms with van der Waals surface area (Å²) in [6, 6.07) is 18.1. The molecular weight excluding hydrogens is 344 g/mol. The number of benzene rings is 2. The van der Waals surface area contributed by atoms with E-state index in [1.165, 1.54) is 5.56 Å². The van der Waals surface area contributed by atoms with Crippen molar-refractivity contribution in [2.45, 2.75) is 19.8 Å². The van der Waals surface area contributed by atoms with E-state index in [1.54, 1.807) is 4.52 Å². The van der Waals surface area contributed by atoms with Crippen LogP contribution in [0, 0.1) is 0 Å². The van der Waals surface area contributed by atoms with Crippen LogP contribution < -0.4 is 5.32 Å². The molecule has 5 heteroatoms. The van der Waals surface area contributed by atoms with Gasteiger partial charge in [-0.25, -0.2) is 9.50 Å². The Bertz CT molecular complexity index is 1030. The van der Waals surface area contributed by atoms with Crippen molar-refractivity contribution in [2.75, 3.05) is 5.32 Å². The Morgan fingerprint density at radius 2 is 1.69 bits per heavy atom. The first-order chi connectivity index (χ1) is 12.6. The SMILES string of the molecule is CC(C)c1ccc(Nc2ccn3ncc(-c4ccc(Cl)cc4)c3n2)cc1. The van der Waals surface area contributed by atoms with Gasteiger partial charge in [0.2, 0.25) is 0 Å². The van der Waals surface area contributed by atoms with Crippen molar-refractivity contribution in [1.82, 2.24) is 14.6 Å². The Labute approximate surface area is 157 Å². The first kappa shape index (κ1) is 16.6. The van der Waals surface area contributed by atoms with Gasteiger partial charge in [-0.3, -0.25) is 0 Å². The van der Waals surface area contributed by atoms with Gasteiger partial charge in [0.15, 0.2) is 5.65 Å². The number of fused-ring (bicyclic) bond motifs is 1. The molecule has 1 N–H and O–H groups in total. The summed E-state index contributed by atoms with van der Waals surface area (Å²) in [5.41, 5.74) is 5.14. The maximum Gasteiger partial charge on any atom is 0.165 e. The average molecular weight is 363 g/mol. The summed E-state index contributed by atoms with van der Waals surface area (Å²) in [7, 11) is 0. The van der Waals surface area contributed by atoms with Crippen LogP contribution in [0.1, 0.15) is 25.3 Å². The van der Waals surface area contributed by atoms with Gasteiger partial charge >= 0.3 is 0 Å². The highest BCUT2D eigenvalue weighted by molar-refractivity contribution is 6.30. The molecular formula is C21H19ClN4. The molecule has 0 atom stereocenters. The fraction of sp³-hybridized carbons (Fsp3) is 0.143. The quantitative estimate of drug-likeness (QED) is 0.490. The second-order valence-electron chi connectivity index (χ2n) is 6.55. The molecule has 0 bridgehead atoms. The summed E-state index contributed by atoms with van der Waals surface area (Å²) < 4.78 is 1.77. The Kier molecular flexibility index (Phi) is 4.35. The van der Waals surface area contributed by atoms with Crippen LogP contribution in [0.4, 0.5) is 11.5 Å². The minimum Gasteiger partial charge on any atom is -0.340 e. The fourth-order valence-electron chi connectivity index (χ4n) is 2.87. The minimum atomic E-state index is 0.521. The van der Waals surface area contributed by atoms with Gasteiger partial charge in [-0.2, -0.15) is 5.10 Å². The Hall–Kier alpha value is -2.85. The van der Waals surface area contributed by atoms with E-state index in [0.717, 1.165) is 28.3 Å². The van der Waals surface area contributed by atoms with Crippen LogP contribution in [-0.2, 0) is 0 Å². The van der Waals surface area contributed by atoms with Gasteiger partial charge in [0.05, 0.1) is 6.20 Å². The molecule has 130 valence electrons. The number of rotatable bonds is 4. The predicted octanol–water partition coefficient (Wildman–Crippen LogP) is 5.92. The summed E-state index contributed by atoms with van der Waals surface area (Å²) in [4.78, 5) is 4.74. The molecule has 0 saturated carbocycles. The van der Waals surface area contributed by atoms with E-state index < -0.39 is 0 Å². The smallest absolute Gasteiger partial charge is 0.165 e. The predicted molar refractivity (Wildman–Crippen MR) is 107 cm³/mol. The summed E-state index contributed by atoms with van der Waals surface area (Å²) in [6.45, 7) is 4.38. The number of halogens is 1. The van der Waals surface area contributed by atoms with E-state index in [-0.39, 0.29) is 0 Å². The molecule has 2 aromatic heterocycles. The Morgan fingerprint density at radius 3 is 2.38 bits per heavy atom. The minimum absolute atomic E-state index is 0.521. The van der Waals surface area contributed by atoms with E-state index >= 15 is 0 Å². The number of anilines is 2. The fourth-order valence-corrected chi connectivity index (χ4v) is 3.00. The third-order valence-electron chi connectivity index (χ3n) is 4.37. The molecule has 26 heavy (non-hydrogen) atoms. The number of nitrogens with one attached hydrogen (secondary N) is 1. The monoisotopic (exact) mass is 362 g/mol. The Balaban J connectivity index is 1.66. The lowest BCUT2D eigenvalue weighted by Crippen LogP contribution is -1.97. The average Bonchev–Trinajstić information content (AvgIpc) is 3.06. The zero-order valence-electron chi connectivity index (χ0n) is 14.6. The molecule has 2 heterocycles. The molecule has 2 aromatic carbocycles. The number of hydrogen-bond acceptors (Lipinski definition) is 3. The molecule has 0 saturated heterocycles. The van der Waals surface area contributed by atoms with Crippen LogP contribution in [0.15, 0.2) is 67.0 Å². The molecule has 4 aromatic rings. The first-order valence-corrected chi connectivity index (χ1v) is 8.95. The normalized spacial score (nSPS) is 11.2. The lowest BCUT2D eigenvalue weighted by Gasteiger charge is -2.09. The van der Waals surface area contributed by atoms with Crippen molar-refractivity contribution >= 4 is 28.8 Å². The zero-order chi connectivity index (χ0) is 18.1. The van der Waals surface area contributed by atoms with E-state index in [1.807, 2.05) is 42.7 Å². The van der Waals surface area contributed by atoms with Crippen molar-refractivity contribution < 1.29 is 0 Å². The molecule has 0 aliphatic heterocycles. The van der Waals surface area contributed by atoms with Crippen molar-refractivity contribution in [3.8, 4) is 11.1 Å². The van der Waals surface area contributed by atoms with Gasteiger partial charge in [-0.1, -0.05) is 49.7 Å². The summed E-state index contributed by atoms with van der Waals surface area (Å²) in [5.74, 6) is 1.30. The number of hydrogen-bond donors (Lipinski definition) is 1. The summed E-state index contributed by atoms with van der Waals surface area (Å²) >= 11 is 5.99. The second-order valence-corrected chi connectivity index (χ2v) is 6.98. The first-order valence-electron chi connectivity index (χ1n) is 8.57. The highest BCUT2D eigenvalue weighted by atomic mass is 35.5. The van der Waals surface area contributed by atoms with Crippen LogP contribution in [0.5, 0.6) is 0 Å². The lowest BCUT2D eigenvalue weighted by molar-refractivity contribution is 0.867. The molecule has 0 fully saturated rings. The standard InChI is InChI=1S/C21H19ClN4/c1-14(2)15-5-9-18(10-6-15)24-20-11-12-26-21(25-20)19(13-23-26)16-3-7-17(22)8-4-16/h3-14H,1-2H3,(H,24,25). The van der Waals surface area contributed by atoms with E-state index in [9.17, 15) is 0 Å². The van der Waals surface area contributed by atoms with Gasteiger partial charge < -0.3 is 5.32 Å². The largest absolute Gasteiger partial charge is 0.340 e. The summed E-state index contributed by atoms with van der Waals surface area (Å²) in [5, 5.41) is 8.47. The van der Waals surface area contributed by atoms with Crippen molar-refractivity contribution in [3.63, 3.8) is 0 Å². The third kappa shape index (κ3) is 3.28. The highest BCUT2D eigenvalue weighted by Crippen LogP contribution is 2.26. The highest BCUT2D eigenvalue weighted by Gasteiger charge is 2.09. The van der Waals surface area contributed by atoms with Gasteiger partial charge in [0.25, 0.3) is 0 Å². The maximum absolute atomic E-state index is 5.99. The topological polar surface area (TPSA) is 42.2 Å². The maximum atomic E-state index is 5.99. The van der Waals surface area contributed by atoms with Crippen molar-refractivity contribution in [1.29, 1.82) is 0 Å². The van der Waals surface area contributed by atoms with Gasteiger partial charge in [-0.15, -0.1) is 0 Å². The Morgan fingerprint density at radius 1 is 0.962 bits per heavy atom. The number of aromatic nitrogens is 3. The van der Waals surface area contributed by atoms with Crippen LogP contribution >= 0.6 is 11.6 Å². The molecule has 0 aliphatic rings. The molecule has 0 aliphatic carbocycles. The van der Waals surface area contributed by atoms with Crippen LogP contribution in [0.3, 0.4) is 0 Å². The van der Waals surface area contributed by atoms with Gasteiger partial charge in [0, 0.05) is 22.5 Å². The molecule has 0 radical (unpaired) electrons. The van der Waals surface area contributed by atoms with E-state index in [2.05, 4.69) is 48.5 Å². The molecule has 4 rings (SSSR count). The lowest BCUT2D eigenvalue weighted by atomic mass is 10.0. The molecule has 0 spiro atoms. The zero-order valence-corrected chi connectivity index (χ0v) is 15.4. The van der Waals surface area contributed by atoms with E-state index in [4.69, 9.17) is 16.6 Å². The van der Waals surface area contributed by atoms with Crippen molar-refractivity contribution in [3.05, 3.63) is 77.6 Å². The van der Waals surface area contributed by atoms with Gasteiger partial charge in [0.1, 0.15) is 5.82 Å². The molecule has 0 amide bonds.